The molecule has 21 heavy (non-hydrogen) atoms. The number of rotatable bonds is 2. The van der Waals surface area contributed by atoms with Crippen molar-refractivity contribution in [1.29, 1.82) is 0 Å². The molecule has 0 aromatic heterocycles. The normalized spacial score (nSPS) is 14.4. The van der Waals surface area contributed by atoms with Crippen molar-refractivity contribution in [2.45, 2.75) is 19.3 Å². The molecule has 0 spiro atoms. The van der Waals surface area contributed by atoms with Gasteiger partial charge in [0.25, 0.3) is 0 Å². The van der Waals surface area contributed by atoms with E-state index in [1.807, 2.05) is 18.2 Å². The summed E-state index contributed by atoms with van der Waals surface area (Å²) < 4.78 is 0. The molecule has 2 aromatic rings. The summed E-state index contributed by atoms with van der Waals surface area (Å²) in [6.07, 6.45) is 3.24. The number of benzene rings is 2. The molecule has 2 aromatic carbocycles. The lowest BCUT2D eigenvalue weighted by molar-refractivity contribution is 0.0698. The Morgan fingerprint density at radius 3 is 2.62 bits per heavy atom. The van der Waals surface area contributed by atoms with Crippen LogP contribution >= 0.6 is 0 Å². The van der Waals surface area contributed by atoms with Crippen molar-refractivity contribution < 1.29 is 9.90 Å². The lowest BCUT2D eigenvalue weighted by atomic mass is 10.1. The Labute approximate surface area is 123 Å². The average Bonchev–Trinajstić information content (AvgIpc) is 2.69. The van der Waals surface area contributed by atoms with E-state index in [1.54, 1.807) is 12.1 Å². The van der Waals surface area contributed by atoms with E-state index in [4.69, 9.17) is 5.73 Å². The van der Waals surface area contributed by atoms with E-state index in [1.165, 1.54) is 5.56 Å². The number of aryl methyl sites for hydroxylation is 1. The monoisotopic (exact) mass is 282 g/mol. The number of nitrogens with zero attached hydrogens (tertiary/aromatic N) is 1. The predicted octanol–water partition coefficient (Wildman–Crippen LogP) is 3.44. The molecular weight excluding hydrogens is 264 g/mol. The van der Waals surface area contributed by atoms with Gasteiger partial charge in [-0.1, -0.05) is 24.3 Å². The molecule has 0 unspecified atom stereocenters. The van der Waals surface area contributed by atoms with Crippen molar-refractivity contribution in [3.8, 4) is 0 Å². The number of fused-ring (bicyclic) bond motifs is 1. The van der Waals surface area contributed by atoms with Crippen molar-refractivity contribution in [2.24, 2.45) is 0 Å². The molecule has 0 atom stereocenters. The van der Waals surface area contributed by atoms with E-state index >= 15 is 0 Å². The molecule has 0 saturated carbocycles. The van der Waals surface area contributed by atoms with Crippen molar-refractivity contribution >= 4 is 23.0 Å². The molecule has 0 saturated heterocycles. The molecule has 1 aliphatic heterocycles. The highest BCUT2D eigenvalue weighted by molar-refractivity contribution is 5.98. The van der Waals surface area contributed by atoms with E-state index in [9.17, 15) is 9.90 Å². The SMILES string of the molecule is Nc1c(C(=O)O)cccc1N1CCCCc2ccccc21. The Morgan fingerprint density at radius 1 is 1.05 bits per heavy atom. The van der Waals surface area contributed by atoms with Crippen molar-refractivity contribution in [1.82, 2.24) is 0 Å². The molecule has 108 valence electrons. The number of para-hydroxylation sites is 2. The summed E-state index contributed by atoms with van der Waals surface area (Å²) in [6, 6.07) is 13.4. The second-order valence-electron chi connectivity index (χ2n) is 5.28. The van der Waals surface area contributed by atoms with Gasteiger partial charge in [-0.15, -0.1) is 0 Å². The quantitative estimate of drug-likeness (QED) is 0.828. The Hall–Kier alpha value is -2.49. The third-order valence-corrected chi connectivity index (χ3v) is 3.96. The minimum Gasteiger partial charge on any atom is -0.478 e. The van der Waals surface area contributed by atoms with Gasteiger partial charge in [-0.3, -0.25) is 0 Å². The van der Waals surface area contributed by atoms with E-state index in [-0.39, 0.29) is 5.56 Å². The molecule has 3 N–H and O–H groups in total. The number of nitrogens with two attached hydrogens (primary N) is 1. The van der Waals surface area contributed by atoms with Gasteiger partial charge in [-0.25, -0.2) is 4.79 Å². The van der Waals surface area contributed by atoms with Crippen LogP contribution in [0, 0.1) is 0 Å². The lowest BCUT2D eigenvalue weighted by Crippen LogP contribution is -2.20. The van der Waals surface area contributed by atoms with Crippen LogP contribution < -0.4 is 10.6 Å². The summed E-state index contributed by atoms with van der Waals surface area (Å²) in [5.74, 6) is -0.988. The van der Waals surface area contributed by atoms with Crippen LogP contribution in [0.15, 0.2) is 42.5 Å². The zero-order chi connectivity index (χ0) is 14.8. The summed E-state index contributed by atoms with van der Waals surface area (Å²) in [6.45, 7) is 0.851. The number of anilines is 3. The van der Waals surface area contributed by atoms with Gasteiger partial charge in [0.2, 0.25) is 0 Å². The van der Waals surface area contributed by atoms with Gasteiger partial charge in [0, 0.05) is 12.2 Å². The van der Waals surface area contributed by atoms with Gasteiger partial charge in [0.15, 0.2) is 0 Å². The van der Waals surface area contributed by atoms with Crippen LogP contribution in [-0.4, -0.2) is 17.6 Å². The summed E-state index contributed by atoms with van der Waals surface area (Å²) >= 11 is 0. The maximum atomic E-state index is 11.3. The molecular formula is C17H18N2O2. The Kier molecular flexibility index (Phi) is 3.52. The first kappa shape index (κ1) is 13.5. The van der Waals surface area contributed by atoms with Crippen LogP contribution in [0.5, 0.6) is 0 Å². The standard InChI is InChI=1S/C17H18N2O2/c18-16-13(17(20)21)8-5-10-15(16)19-11-4-3-7-12-6-1-2-9-14(12)19/h1-2,5-6,8-10H,3-4,7,11,18H2,(H,20,21). The van der Waals surface area contributed by atoms with E-state index < -0.39 is 5.97 Å². The van der Waals surface area contributed by atoms with Gasteiger partial charge in [-0.05, 0) is 43.0 Å². The smallest absolute Gasteiger partial charge is 0.337 e. The molecule has 0 aliphatic carbocycles. The number of hydrogen-bond donors (Lipinski definition) is 2. The van der Waals surface area contributed by atoms with Gasteiger partial charge in [0.1, 0.15) is 0 Å². The molecule has 4 heteroatoms. The third kappa shape index (κ3) is 2.44. The highest BCUT2D eigenvalue weighted by atomic mass is 16.4. The number of carboxylic acid groups (broad SMARTS) is 1. The van der Waals surface area contributed by atoms with E-state index in [0.29, 0.717) is 5.69 Å². The number of hydrogen-bond acceptors (Lipinski definition) is 3. The number of carbonyl (C=O) groups is 1. The molecule has 0 radical (unpaired) electrons. The van der Waals surface area contributed by atoms with Gasteiger partial charge in [0.05, 0.1) is 16.9 Å². The minimum atomic E-state index is -0.988. The first-order valence-electron chi connectivity index (χ1n) is 7.15. The van der Waals surface area contributed by atoms with E-state index in [0.717, 1.165) is 37.2 Å². The molecule has 0 bridgehead atoms. The van der Waals surface area contributed by atoms with Crippen molar-refractivity contribution in [2.75, 3.05) is 17.2 Å². The predicted molar refractivity (Wildman–Crippen MR) is 84.2 cm³/mol. The second kappa shape index (κ2) is 5.48. The van der Waals surface area contributed by atoms with Gasteiger partial charge < -0.3 is 15.7 Å². The fraction of sp³-hybridized carbons (Fsp3) is 0.235. The van der Waals surface area contributed by atoms with Crippen molar-refractivity contribution in [3.63, 3.8) is 0 Å². The van der Waals surface area contributed by atoms with Crippen LogP contribution in [0.2, 0.25) is 0 Å². The molecule has 0 fully saturated rings. The fourth-order valence-electron chi connectivity index (χ4n) is 2.92. The van der Waals surface area contributed by atoms with E-state index in [2.05, 4.69) is 17.0 Å². The number of aromatic carboxylic acids is 1. The summed E-state index contributed by atoms with van der Waals surface area (Å²) in [4.78, 5) is 13.4. The molecule has 4 nitrogen and oxygen atoms in total. The van der Waals surface area contributed by atoms with Gasteiger partial charge >= 0.3 is 5.97 Å². The zero-order valence-corrected chi connectivity index (χ0v) is 11.7. The third-order valence-electron chi connectivity index (χ3n) is 3.96. The van der Waals surface area contributed by atoms with Crippen LogP contribution in [0.3, 0.4) is 0 Å². The van der Waals surface area contributed by atoms with Crippen molar-refractivity contribution in [3.05, 3.63) is 53.6 Å². The van der Waals surface area contributed by atoms with Crippen LogP contribution in [-0.2, 0) is 6.42 Å². The molecule has 1 aliphatic rings. The fourth-order valence-corrected chi connectivity index (χ4v) is 2.92. The van der Waals surface area contributed by atoms with Gasteiger partial charge in [-0.2, -0.15) is 0 Å². The summed E-state index contributed by atoms with van der Waals surface area (Å²) in [5, 5.41) is 9.24. The topological polar surface area (TPSA) is 66.6 Å². The number of carboxylic acids is 1. The largest absolute Gasteiger partial charge is 0.478 e. The van der Waals surface area contributed by atoms with Crippen LogP contribution in [0.1, 0.15) is 28.8 Å². The summed E-state index contributed by atoms with van der Waals surface area (Å²) in [5.41, 5.74) is 9.79. The highest BCUT2D eigenvalue weighted by Crippen LogP contribution is 2.36. The Bertz CT molecular complexity index is 682. The first-order chi connectivity index (χ1) is 10.2. The summed E-state index contributed by atoms with van der Waals surface area (Å²) in [7, 11) is 0. The molecule has 0 amide bonds. The zero-order valence-electron chi connectivity index (χ0n) is 11.7. The van der Waals surface area contributed by atoms with Crippen LogP contribution in [0.4, 0.5) is 17.1 Å². The molecule has 3 rings (SSSR count). The maximum absolute atomic E-state index is 11.3. The molecule has 1 heterocycles. The average molecular weight is 282 g/mol. The minimum absolute atomic E-state index is 0.161. The highest BCUT2D eigenvalue weighted by Gasteiger charge is 2.20. The second-order valence-corrected chi connectivity index (χ2v) is 5.28. The Morgan fingerprint density at radius 2 is 1.81 bits per heavy atom. The first-order valence-corrected chi connectivity index (χ1v) is 7.15. The maximum Gasteiger partial charge on any atom is 0.337 e. The van der Waals surface area contributed by atoms with Crippen LogP contribution in [0.25, 0.3) is 0 Å². The number of nitrogen functional groups attached to an aromatic ring is 1. The Balaban J connectivity index is 2.12. The lowest BCUT2D eigenvalue weighted by Gasteiger charge is -2.27.